The smallest absolute Gasteiger partial charge is 0.259 e. The fourth-order valence-electron chi connectivity index (χ4n) is 5.36. The van der Waals surface area contributed by atoms with E-state index < -0.39 is 68.6 Å². The van der Waals surface area contributed by atoms with Gasteiger partial charge in [0.05, 0.1) is 18.9 Å². The zero-order valence-corrected chi connectivity index (χ0v) is 24.6. The molecule has 12 nitrogen and oxygen atoms in total. The zero-order chi connectivity index (χ0) is 30.4. The second-order valence-electron chi connectivity index (χ2n) is 11.6. The van der Waals surface area contributed by atoms with Crippen LogP contribution in [0.4, 0.5) is 0 Å². The summed E-state index contributed by atoms with van der Waals surface area (Å²) in [5, 5.41) is 14.2. The van der Waals surface area contributed by atoms with Crippen LogP contribution in [0.3, 0.4) is 0 Å². The maximum atomic E-state index is 13.7. The average molecular weight is 601 g/mol. The topological polar surface area (TPSA) is 164 Å². The molecule has 0 bridgehead atoms. The lowest BCUT2D eigenvalue weighted by atomic mass is 10.1. The molecule has 2 saturated carbocycles. The van der Waals surface area contributed by atoms with Crippen molar-refractivity contribution in [3.63, 3.8) is 0 Å². The first-order valence-electron chi connectivity index (χ1n) is 14.0. The fourth-order valence-corrected chi connectivity index (χ4v) is 6.72. The van der Waals surface area contributed by atoms with Crippen LogP contribution in [0.2, 0.25) is 0 Å². The van der Waals surface area contributed by atoms with Crippen LogP contribution in [-0.2, 0) is 24.4 Å². The predicted molar refractivity (Wildman–Crippen MR) is 153 cm³/mol. The third-order valence-electron chi connectivity index (χ3n) is 8.20. The first-order chi connectivity index (χ1) is 19.9. The highest BCUT2D eigenvalue weighted by Gasteiger charge is 2.62. The van der Waals surface area contributed by atoms with Crippen molar-refractivity contribution in [3.05, 3.63) is 43.1 Å². The molecular formula is C29H36N4O8S. The number of hydrogen-bond donors (Lipinski definition) is 3. The molecule has 1 aromatic carbocycles. The van der Waals surface area contributed by atoms with Gasteiger partial charge in [-0.1, -0.05) is 19.9 Å². The van der Waals surface area contributed by atoms with Gasteiger partial charge in [0.2, 0.25) is 21.8 Å². The molecule has 2 aliphatic carbocycles. The van der Waals surface area contributed by atoms with E-state index in [1.807, 2.05) is 18.2 Å². The zero-order valence-electron chi connectivity index (χ0n) is 23.8. The van der Waals surface area contributed by atoms with E-state index in [4.69, 9.17) is 9.47 Å². The summed E-state index contributed by atoms with van der Waals surface area (Å²) in [5.74, 6) is -2.03. The number of likely N-dealkylation sites (tertiary alicyclic amines) is 1. The molecule has 42 heavy (non-hydrogen) atoms. The van der Waals surface area contributed by atoms with E-state index >= 15 is 0 Å². The first kappa shape index (κ1) is 29.8. The molecule has 3 N–H and O–H groups in total. The molecule has 0 spiro atoms. The van der Waals surface area contributed by atoms with Crippen LogP contribution in [0.1, 0.15) is 39.5 Å². The molecule has 1 aromatic heterocycles. The number of hydrogen-bond acceptors (Lipinski definition) is 9. The van der Waals surface area contributed by atoms with E-state index in [1.165, 1.54) is 11.0 Å². The van der Waals surface area contributed by atoms with Crippen molar-refractivity contribution in [2.75, 3.05) is 13.7 Å². The van der Waals surface area contributed by atoms with Crippen LogP contribution < -0.4 is 19.5 Å². The maximum Gasteiger partial charge on any atom is 0.259 e. The molecule has 5 atom stereocenters. The van der Waals surface area contributed by atoms with Gasteiger partial charge in [-0.05, 0) is 54.8 Å². The number of ether oxygens (including phenoxy) is 2. The largest absolute Gasteiger partial charge is 0.497 e. The minimum Gasteiger partial charge on any atom is -0.497 e. The summed E-state index contributed by atoms with van der Waals surface area (Å²) in [6.45, 7) is 7.09. The Morgan fingerprint density at radius 3 is 2.60 bits per heavy atom. The molecule has 1 aliphatic heterocycles. The van der Waals surface area contributed by atoms with Crippen LogP contribution in [0.5, 0.6) is 11.6 Å². The number of fused-ring (bicyclic) bond motifs is 1. The van der Waals surface area contributed by atoms with Crippen molar-refractivity contribution in [2.45, 2.75) is 68.6 Å². The SMILES string of the molecule is C=C[C@@H]1C[C@]1(NC(=O)[C@@H]1C[C@@H](Oc2nccc3cc(OC)ccc23)CN1C(=O)[C@H](O)C(C)C)C(=O)NS(=O)(=O)C1CC1. The van der Waals surface area contributed by atoms with Crippen molar-refractivity contribution < 1.29 is 37.4 Å². The lowest BCUT2D eigenvalue weighted by Crippen LogP contribution is -2.57. The Balaban J connectivity index is 1.38. The number of carbonyl (C=O) groups is 3. The number of aliphatic hydroxyl groups excluding tert-OH is 1. The number of carbonyl (C=O) groups excluding carboxylic acids is 3. The van der Waals surface area contributed by atoms with Crippen molar-refractivity contribution >= 4 is 38.5 Å². The highest BCUT2D eigenvalue weighted by atomic mass is 32.2. The monoisotopic (exact) mass is 600 g/mol. The minimum absolute atomic E-state index is 0.00490. The molecule has 226 valence electrons. The fraction of sp³-hybridized carbons (Fsp3) is 0.517. The Hall–Kier alpha value is -3.71. The number of aromatic nitrogens is 1. The quantitative estimate of drug-likeness (QED) is 0.322. The van der Waals surface area contributed by atoms with E-state index in [0.29, 0.717) is 29.9 Å². The summed E-state index contributed by atoms with van der Waals surface area (Å²) in [5.41, 5.74) is -1.50. The number of rotatable bonds is 11. The molecule has 3 aliphatic rings. The lowest BCUT2D eigenvalue weighted by Gasteiger charge is -2.28. The van der Waals surface area contributed by atoms with Gasteiger partial charge in [-0.3, -0.25) is 19.1 Å². The molecule has 3 amide bonds. The standard InChI is InChI=1S/C29H36N4O8S/c1-5-18-14-29(18,28(37)32-42(38,39)21-7-8-21)31-25(35)23-13-20(15-33(23)27(36)24(34)16(2)3)41-26-22-9-6-19(40-4)12-17(22)10-11-30-26/h5-6,9-12,16,18,20-21,23-24,34H,1,7-8,13-15H2,2-4H3,(H,31,35)(H,32,37)/t18-,20-,23+,24-,29-/m1/s1. The normalized spacial score (nSPS) is 26.0. The van der Waals surface area contributed by atoms with Gasteiger partial charge in [0, 0.05) is 23.9 Å². The van der Waals surface area contributed by atoms with Crippen molar-refractivity contribution in [1.29, 1.82) is 0 Å². The van der Waals surface area contributed by atoms with Gasteiger partial charge in [-0.2, -0.15) is 0 Å². The minimum atomic E-state index is -3.84. The van der Waals surface area contributed by atoms with Gasteiger partial charge >= 0.3 is 0 Å². The van der Waals surface area contributed by atoms with Gasteiger partial charge in [-0.15, -0.1) is 6.58 Å². The molecule has 0 unspecified atom stereocenters. The van der Waals surface area contributed by atoms with Gasteiger partial charge < -0.3 is 24.8 Å². The number of aliphatic hydroxyl groups is 1. The predicted octanol–water partition coefficient (Wildman–Crippen LogP) is 1.28. The van der Waals surface area contributed by atoms with E-state index in [2.05, 4.69) is 21.6 Å². The van der Waals surface area contributed by atoms with Crippen LogP contribution in [0.25, 0.3) is 10.8 Å². The van der Waals surface area contributed by atoms with Crippen molar-refractivity contribution in [2.24, 2.45) is 11.8 Å². The highest BCUT2D eigenvalue weighted by Crippen LogP contribution is 2.45. The van der Waals surface area contributed by atoms with Crippen molar-refractivity contribution in [1.82, 2.24) is 19.9 Å². The summed E-state index contributed by atoms with van der Waals surface area (Å²) >= 11 is 0. The summed E-state index contributed by atoms with van der Waals surface area (Å²) in [6, 6.07) is 6.15. The Labute approximate surface area is 244 Å². The molecule has 2 heterocycles. The molecule has 2 aromatic rings. The molecule has 13 heteroatoms. The third kappa shape index (κ3) is 5.67. The van der Waals surface area contributed by atoms with E-state index in [9.17, 15) is 27.9 Å². The van der Waals surface area contributed by atoms with Crippen LogP contribution in [0, 0.1) is 11.8 Å². The highest BCUT2D eigenvalue weighted by molar-refractivity contribution is 7.91. The van der Waals surface area contributed by atoms with Crippen LogP contribution in [-0.4, -0.2) is 83.8 Å². The van der Waals surface area contributed by atoms with E-state index in [1.54, 1.807) is 33.2 Å². The summed E-state index contributed by atoms with van der Waals surface area (Å²) in [7, 11) is -2.28. The average Bonchev–Trinajstić information content (AvgIpc) is 3.89. The first-order valence-corrected chi connectivity index (χ1v) is 15.5. The van der Waals surface area contributed by atoms with Crippen LogP contribution >= 0.6 is 0 Å². The van der Waals surface area contributed by atoms with Crippen LogP contribution in [0.15, 0.2) is 43.1 Å². The Morgan fingerprint density at radius 1 is 1.24 bits per heavy atom. The number of amides is 3. The number of benzene rings is 1. The summed E-state index contributed by atoms with van der Waals surface area (Å²) in [4.78, 5) is 45.8. The number of sulfonamides is 1. The Kier molecular flexibility index (Phi) is 7.92. The summed E-state index contributed by atoms with van der Waals surface area (Å²) < 4.78 is 38.6. The molecular weight excluding hydrogens is 564 g/mol. The Bertz CT molecular complexity index is 1520. The van der Waals surface area contributed by atoms with E-state index in [-0.39, 0.29) is 19.4 Å². The maximum absolute atomic E-state index is 13.7. The molecule has 1 saturated heterocycles. The van der Waals surface area contributed by atoms with Gasteiger partial charge in [0.15, 0.2) is 0 Å². The summed E-state index contributed by atoms with van der Waals surface area (Å²) in [6.07, 6.45) is 2.26. The number of nitrogens with one attached hydrogen (secondary N) is 2. The molecule has 3 fully saturated rings. The van der Waals surface area contributed by atoms with Gasteiger partial charge in [-0.25, -0.2) is 13.4 Å². The molecule has 0 radical (unpaired) electrons. The molecule has 5 rings (SSSR count). The van der Waals surface area contributed by atoms with E-state index in [0.717, 1.165) is 5.39 Å². The Morgan fingerprint density at radius 2 is 1.98 bits per heavy atom. The van der Waals surface area contributed by atoms with Gasteiger partial charge in [0.25, 0.3) is 11.8 Å². The van der Waals surface area contributed by atoms with Gasteiger partial charge in [0.1, 0.15) is 29.5 Å². The lowest BCUT2D eigenvalue weighted by molar-refractivity contribution is -0.147. The number of nitrogens with zero attached hydrogens (tertiary/aromatic N) is 2. The number of methoxy groups -OCH3 is 1. The second kappa shape index (κ2) is 11.2. The van der Waals surface area contributed by atoms with Crippen molar-refractivity contribution in [3.8, 4) is 11.6 Å². The second-order valence-corrected chi connectivity index (χ2v) is 13.5. The third-order valence-corrected chi connectivity index (χ3v) is 10.0. The number of pyridine rings is 1.